The summed E-state index contributed by atoms with van der Waals surface area (Å²) in [5, 5.41) is 41.7. The second kappa shape index (κ2) is 30.2. The summed E-state index contributed by atoms with van der Waals surface area (Å²) in [6.07, 6.45) is 11.6. The Balaban J connectivity index is 0.000000187. The van der Waals surface area contributed by atoms with Gasteiger partial charge in [-0.25, -0.2) is 39.9 Å². The van der Waals surface area contributed by atoms with Crippen LogP contribution in [0.15, 0.2) is 48.7 Å². The van der Waals surface area contributed by atoms with E-state index in [0.717, 1.165) is 87.8 Å². The highest BCUT2D eigenvalue weighted by Gasteiger charge is 2.16. The average Bonchev–Trinajstić information content (AvgIpc) is 3.39. The standard InChI is InChI=1S/2C14H21N5O.C13H19N5O.C11H14ClN5/c2*1-3-4-5-10(8-20)17-13-12-11(18-14(15)19-13)7-6-9(2)16-12;1-3-4-9(7-19)16-12-11-10(17-13(14)18-12)6-5-8(2)15-11;1-2-3-4-14-10-9-8(16-11(13)17-10)5-7(12)6-15-9/h2*6-7,10,20H,3-5,8H2,1-2H3,(H3,15,17,18,19);5-6,9,19H,3-4,7H2,1-2H3,(H3,14,16,17,18);5-6H,2-4H2,1H3,(H3,13,14,16,17)/t2*10-;9-;/m101./s1. The molecule has 0 aliphatic rings. The van der Waals surface area contributed by atoms with E-state index in [1.54, 1.807) is 12.3 Å². The molecule has 76 heavy (non-hydrogen) atoms. The van der Waals surface area contributed by atoms with Crippen LogP contribution in [0.4, 0.5) is 47.1 Å². The molecule has 0 saturated carbocycles. The summed E-state index contributed by atoms with van der Waals surface area (Å²) in [5.74, 6) is 3.26. The van der Waals surface area contributed by atoms with Crippen LogP contribution in [0.2, 0.25) is 5.02 Å². The van der Waals surface area contributed by atoms with Crippen LogP contribution in [-0.2, 0) is 0 Å². The lowest BCUT2D eigenvalue weighted by atomic mass is 10.1. The molecule has 0 saturated heterocycles. The fourth-order valence-electron chi connectivity index (χ4n) is 7.67. The van der Waals surface area contributed by atoms with Crippen molar-refractivity contribution in [2.75, 3.05) is 70.6 Å². The molecule has 0 radical (unpaired) electrons. The summed E-state index contributed by atoms with van der Waals surface area (Å²) in [5.41, 5.74) is 31.0. The van der Waals surface area contributed by atoms with Crippen LogP contribution in [0.3, 0.4) is 0 Å². The normalized spacial score (nSPS) is 12.1. The molecule has 0 amide bonds. The number of hydrogen-bond donors (Lipinski definition) is 11. The van der Waals surface area contributed by atoms with Gasteiger partial charge in [-0.05, 0) is 88.9 Å². The van der Waals surface area contributed by atoms with Crippen molar-refractivity contribution in [1.29, 1.82) is 0 Å². The molecular formula is C52H75ClN20O3. The molecule has 0 aliphatic carbocycles. The molecule has 0 fully saturated rings. The van der Waals surface area contributed by atoms with E-state index in [4.69, 9.17) is 34.5 Å². The predicted octanol–water partition coefficient (Wildman–Crippen LogP) is 7.72. The van der Waals surface area contributed by atoms with Gasteiger partial charge in [-0.15, -0.1) is 0 Å². The van der Waals surface area contributed by atoms with E-state index in [0.29, 0.717) is 72.4 Å². The minimum Gasteiger partial charge on any atom is -0.394 e. The van der Waals surface area contributed by atoms with Crippen molar-refractivity contribution in [3.8, 4) is 0 Å². The summed E-state index contributed by atoms with van der Waals surface area (Å²) in [6, 6.07) is 12.9. The molecule has 0 aromatic carbocycles. The SMILES string of the molecule is CCCCNc1nc(N)nc2cc(Cl)cnc12.CCCC[C@@H](CO)Nc1nc(N)nc2ccc(C)nc12.CCCC[C@H](CO)Nc1nc(N)nc2ccc(C)nc12.CCC[C@H](CO)Nc1nc(N)nc2ccc(C)nc12. The average molecular weight is 1060 g/mol. The zero-order valence-corrected chi connectivity index (χ0v) is 45.4. The van der Waals surface area contributed by atoms with Gasteiger partial charge in [0.2, 0.25) is 23.8 Å². The van der Waals surface area contributed by atoms with Crippen LogP contribution < -0.4 is 44.2 Å². The summed E-state index contributed by atoms with van der Waals surface area (Å²) in [4.78, 5) is 51.0. The maximum atomic E-state index is 9.45. The first kappa shape index (κ1) is 59.4. The lowest BCUT2D eigenvalue weighted by Gasteiger charge is -2.17. The monoisotopic (exact) mass is 1060 g/mol. The number of fused-ring (bicyclic) bond motifs is 4. The molecule has 0 unspecified atom stereocenters. The first-order valence-corrected chi connectivity index (χ1v) is 26.2. The number of aliphatic hydroxyl groups is 3. The van der Waals surface area contributed by atoms with E-state index in [9.17, 15) is 15.3 Å². The van der Waals surface area contributed by atoms with Gasteiger partial charge in [-0.2, -0.15) is 19.9 Å². The maximum absolute atomic E-state index is 9.45. The van der Waals surface area contributed by atoms with Crippen molar-refractivity contribution in [2.45, 2.75) is 131 Å². The molecule has 3 atom stereocenters. The Morgan fingerprint density at radius 1 is 0.447 bits per heavy atom. The number of aromatic nitrogens is 12. The van der Waals surface area contributed by atoms with Crippen LogP contribution in [0, 0.1) is 20.8 Å². The number of nitrogen functional groups attached to an aromatic ring is 4. The fraction of sp³-hybridized carbons (Fsp3) is 0.462. The molecule has 0 aliphatic heterocycles. The van der Waals surface area contributed by atoms with Gasteiger partial charge < -0.3 is 59.5 Å². The van der Waals surface area contributed by atoms with Gasteiger partial charge in [0, 0.05) is 29.8 Å². The van der Waals surface area contributed by atoms with Gasteiger partial charge >= 0.3 is 0 Å². The Hall–Kier alpha value is -7.47. The maximum Gasteiger partial charge on any atom is 0.222 e. The van der Waals surface area contributed by atoms with Crippen molar-refractivity contribution < 1.29 is 15.3 Å². The van der Waals surface area contributed by atoms with Gasteiger partial charge in [-0.1, -0.05) is 77.8 Å². The first-order valence-electron chi connectivity index (χ1n) is 25.8. The second-order valence-electron chi connectivity index (χ2n) is 18.1. The molecule has 24 heteroatoms. The highest BCUT2D eigenvalue weighted by atomic mass is 35.5. The summed E-state index contributed by atoms with van der Waals surface area (Å²) >= 11 is 5.87. The lowest BCUT2D eigenvalue weighted by molar-refractivity contribution is 0.266. The van der Waals surface area contributed by atoms with Gasteiger partial charge in [0.25, 0.3) is 0 Å². The second-order valence-corrected chi connectivity index (χ2v) is 18.6. The number of nitrogens with two attached hydrogens (primary N) is 4. The first-order chi connectivity index (χ1) is 36.6. The zero-order chi connectivity index (χ0) is 55.1. The van der Waals surface area contributed by atoms with E-state index in [-0.39, 0.29) is 61.7 Å². The summed E-state index contributed by atoms with van der Waals surface area (Å²) in [6.45, 7) is 15.2. The molecule has 23 nitrogen and oxygen atoms in total. The van der Waals surface area contributed by atoms with E-state index in [2.05, 4.69) is 109 Å². The molecule has 8 rings (SSSR count). The number of halogens is 1. The molecule has 8 heterocycles. The van der Waals surface area contributed by atoms with E-state index in [1.165, 1.54) is 0 Å². The van der Waals surface area contributed by atoms with Crippen molar-refractivity contribution in [3.63, 3.8) is 0 Å². The fourth-order valence-corrected chi connectivity index (χ4v) is 7.82. The Bertz CT molecular complexity index is 2990. The number of rotatable bonds is 21. The van der Waals surface area contributed by atoms with Crippen molar-refractivity contribution in [1.82, 2.24) is 59.8 Å². The Kier molecular flexibility index (Phi) is 23.6. The van der Waals surface area contributed by atoms with Crippen LogP contribution in [0.1, 0.15) is 109 Å². The van der Waals surface area contributed by atoms with Crippen LogP contribution in [0.25, 0.3) is 44.1 Å². The third-order valence-electron chi connectivity index (χ3n) is 11.6. The number of nitrogens with zero attached hydrogens (tertiary/aromatic N) is 12. The minimum absolute atomic E-state index is 0.0465. The molecule has 0 spiro atoms. The number of unbranched alkanes of at least 4 members (excludes halogenated alkanes) is 3. The lowest BCUT2D eigenvalue weighted by Crippen LogP contribution is -2.24. The van der Waals surface area contributed by atoms with E-state index >= 15 is 0 Å². The van der Waals surface area contributed by atoms with Gasteiger partial charge in [-0.3, -0.25) is 0 Å². The molecular weight excluding hydrogens is 988 g/mol. The van der Waals surface area contributed by atoms with Crippen LogP contribution in [0.5, 0.6) is 0 Å². The largest absolute Gasteiger partial charge is 0.394 e. The third kappa shape index (κ3) is 17.8. The molecule has 8 aromatic heterocycles. The van der Waals surface area contributed by atoms with E-state index in [1.807, 2.05) is 57.2 Å². The third-order valence-corrected chi connectivity index (χ3v) is 11.8. The van der Waals surface area contributed by atoms with Gasteiger partial charge in [0.1, 0.15) is 22.1 Å². The minimum atomic E-state index is -0.0511. The predicted molar refractivity (Wildman–Crippen MR) is 307 cm³/mol. The number of aryl methyl sites for hydroxylation is 3. The van der Waals surface area contributed by atoms with Crippen molar-refractivity contribution >= 4 is 103 Å². The smallest absolute Gasteiger partial charge is 0.222 e. The van der Waals surface area contributed by atoms with E-state index < -0.39 is 0 Å². The van der Waals surface area contributed by atoms with Crippen LogP contribution in [-0.4, -0.2) is 120 Å². The topological polar surface area (TPSA) is 368 Å². The molecule has 408 valence electrons. The Morgan fingerprint density at radius 2 is 0.816 bits per heavy atom. The summed E-state index contributed by atoms with van der Waals surface area (Å²) < 4.78 is 0. The number of nitrogens with one attached hydrogen (secondary N) is 4. The number of anilines is 8. The zero-order valence-electron chi connectivity index (χ0n) is 44.6. The molecule has 8 aromatic rings. The Morgan fingerprint density at radius 3 is 1.18 bits per heavy atom. The Labute approximate surface area is 448 Å². The van der Waals surface area contributed by atoms with Gasteiger partial charge in [0.15, 0.2) is 23.3 Å². The van der Waals surface area contributed by atoms with Gasteiger partial charge in [0.05, 0.1) is 65.0 Å². The highest BCUT2D eigenvalue weighted by molar-refractivity contribution is 6.31. The van der Waals surface area contributed by atoms with Crippen molar-refractivity contribution in [3.05, 3.63) is 70.8 Å². The highest BCUT2D eigenvalue weighted by Crippen LogP contribution is 2.25. The molecule has 15 N–H and O–H groups in total. The number of hydrogen-bond acceptors (Lipinski definition) is 23. The number of aliphatic hydroxyl groups excluding tert-OH is 3. The quantitative estimate of drug-likeness (QED) is 0.0307. The summed E-state index contributed by atoms with van der Waals surface area (Å²) in [7, 11) is 0. The number of pyridine rings is 4. The van der Waals surface area contributed by atoms with Crippen molar-refractivity contribution in [2.24, 2.45) is 0 Å². The molecule has 0 bridgehead atoms. The van der Waals surface area contributed by atoms with Crippen LogP contribution >= 0.6 is 11.6 Å².